The van der Waals surface area contributed by atoms with E-state index < -0.39 is 0 Å². The minimum atomic E-state index is 0.168. The molecule has 1 aliphatic rings. The zero-order valence-corrected chi connectivity index (χ0v) is 20.9. The largest absolute Gasteiger partial charge is 0.477 e. The van der Waals surface area contributed by atoms with Gasteiger partial charge in [-0.25, -0.2) is 4.98 Å². The molecule has 0 spiro atoms. The number of likely N-dealkylation sites (tertiary alicyclic amines) is 1. The molecular formula is C29H37N3O3. The number of rotatable bonds is 11. The smallest absolute Gasteiger partial charge is 0.320 e. The second-order valence-corrected chi connectivity index (χ2v) is 9.32. The van der Waals surface area contributed by atoms with Crippen LogP contribution in [0.5, 0.6) is 11.9 Å². The lowest BCUT2D eigenvalue weighted by atomic mass is 9.97. The number of nitrogens with zero attached hydrogens (tertiary/aromatic N) is 3. The van der Waals surface area contributed by atoms with E-state index in [-0.39, 0.29) is 6.61 Å². The molecule has 1 saturated heterocycles. The lowest BCUT2D eigenvalue weighted by Gasteiger charge is -2.33. The van der Waals surface area contributed by atoms with Gasteiger partial charge in [0.05, 0.1) is 6.61 Å². The highest BCUT2D eigenvalue weighted by Crippen LogP contribution is 2.27. The number of ether oxygens (including phenoxy) is 2. The van der Waals surface area contributed by atoms with E-state index in [1.54, 1.807) is 0 Å². The average molecular weight is 476 g/mol. The third-order valence-electron chi connectivity index (χ3n) is 6.80. The van der Waals surface area contributed by atoms with Gasteiger partial charge in [0.2, 0.25) is 5.88 Å². The Morgan fingerprint density at radius 3 is 2.66 bits per heavy atom. The van der Waals surface area contributed by atoms with Gasteiger partial charge in [0.1, 0.15) is 6.61 Å². The fraction of sp³-hybridized carbons (Fsp3) is 0.448. The fourth-order valence-corrected chi connectivity index (χ4v) is 4.59. The Labute approximate surface area is 209 Å². The molecule has 1 fully saturated rings. The lowest BCUT2D eigenvalue weighted by molar-refractivity contribution is 0.149. The highest BCUT2D eigenvalue weighted by molar-refractivity contribution is 5.68. The summed E-state index contributed by atoms with van der Waals surface area (Å²) in [5.74, 6) is 0.584. The van der Waals surface area contributed by atoms with Gasteiger partial charge in [-0.15, -0.1) is 0 Å². The van der Waals surface area contributed by atoms with Gasteiger partial charge in [-0.2, -0.15) is 4.98 Å². The zero-order chi connectivity index (χ0) is 24.5. The zero-order valence-electron chi connectivity index (χ0n) is 20.9. The molecule has 6 heteroatoms. The van der Waals surface area contributed by atoms with E-state index in [1.165, 1.54) is 36.0 Å². The molecule has 186 valence electrons. The molecule has 35 heavy (non-hydrogen) atoms. The van der Waals surface area contributed by atoms with Crippen LogP contribution in [0.2, 0.25) is 0 Å². The van der Waals surface area contributed by atoms with E-state index in [4.69, 9.17) is 14.6 Å². The Balaban J connectivity index is 1.48. The van der Waals surface area contributed by atoms with Gasteiger partial charge in [0, 0.05) is 31.0 Å². The van der Waals surface area contributed by atoms with Crippen molar-refractivity contribution in [2.75, 3.05) is 19.8 Å². The highest BCUT2D eigenvalue weighted by Gasteiger charge is 2.21. The van der Waals surface area contributed by atoms with Gasteiger partial charge in [-0.3, -0.25) is 4.90 Å². The fourth-order valence-electron chi connectivity index (χ4n) is 4.59. The summed E-state index contributed by atoms with van der Waals surface area (Å²) in [5, 5.41) is 9.09. The van der Waals surface area contributed by atoms with Gasteiger partial charge >= 0.3 is 6.01 Å². The van der Waals surface area contributed by atoms with Crippen LogP contribution >= 0.6 is 0 Å². The maximum Gasteiger partial charge on any atom is 0.320 e. The SMILES string of the molecule is Cc1c(COc2ncc(CN3CCCC[C@H]3C)c(OCCCCO)n2)cccc1-c1ccccc1. The van der Waals surface area contributed by atoms with Crippen molar-refractivity contribution in [2.24, 2.45) is 0 Å². The summed E-state index contributed by atoms with van der Waals surface area (Å²) in [5.41, 5.74) is 5.67. The molecule has 0 aliphatic carbocycles. The number of hydrogen-bond acceptors (Lipinski definition) is 6. The normalized spacial score (nSPS) is 16.3. The van der Waals surface area contributed by atoms with Gasteiger partial charge in [-0.1, -0.05) is 55.0 Å². The average Bonchev–Trinajstić information content (AvgIpc) is 2.89. The molecule has 0 amide bonds. The molecule has 1 aliphatic heterocycles. The number of aliphatic hydroxyl groups excluding tert-OH is 1. The first-order valence-corrected chi connectivity index (χ1v) is 12.8. The van der Waals surface area contributed by atoms with Crippen molar-refractivity contribution < 1.29 is 14.6 Å². The quantitative estimate of drug-likeness (QED) is 0.367. The molecule has 6 nitrogen and oxygen atoms in total. The number of hydrogen-bond donors (Lipinski definition) is 1. The second-order valence-electron chi connectivity index (χ2n) is 9.32. The van der Waals surface area contributed by atoms with E-state index in [0.717, 1.165) is 30.6 Å². The molecule has 4 rings (SSSR count). The molecule has 0 radical (unpaired) electrons. The third kappa shape index (κ3) is 6.80. The van der Waals surface area contributed by atoms with Crippen molar-refractivity contribution in [2.45, 2.75) is 65.1 Å². The van der Waals surface area contributed by atoms with Crippen LogP contribution in [0.3, 0.4) is 0 Å². The van der Waals surface area contributed by atoms with Crippen molar-refractivity contribution in [1.29, 1.82) is 0 Å². The summed E-state index contributed by atoms with van der Waals surface area (Å²) in [4.78, 5) is 11.6. The summed E-state index contributed by atoms with van der Waals surface area (Å²) in [6.07, 6.45) is 7.07. The standard InChI is InChI=1S/C29H37N3O3/c1-22-11-6-7-16-32(22)20-26-19-30-29(31-28(26)34-18-9-8-17-33)35-21-25-14-10-15-27(23(25)2)24-12-4-3-5-13-24/h3-5,10,12-15,19,22,33H,6-9,11,16-18,20-21H2,1-2H3/t22-/m1/s1. The van der Waals surface area contributed by atoms with Crippen molar-refractivity contribution in [3.8, 4) is 23.0 Å². The summed E-state index contributed by atoms with van der Waals surface area (Å²) in [6.45, 7) is 7.33. The van der Waals surface area contributed by atoms with E-state index in [0.29, 0.717) is 37.6 Å². The van der Waals surface area contributed by atoms with Gasteiger partial charge < -0.3 is 14.6 Å². The summed E-state index contributed by atoms with van der Waals surface area (Å²) in [6, 6.07) is 17.5. The Kier molecular flexibility index (Phi) is 9.09. The predicted molar refractivity (Wildman–Crippen MR) is 139 cm³/mol. The number of unbranched alkanes of at least 4 members (excludes halogenated alkanes) is 1. The van der Waals surface area contributed by atoms with E-state index in [2.05, 4.69) is 71.2 Å². The minimum Gasteiger partial charge on any atom is -0.477 e. The van der Waals surface area contributed by atoms with Crippen LogP contribution in [0, 0.1) is 6.92 Å². The minimum absolute atomic E-state index is 0.168. The number of aliphatic hydroxyl groups is 1. The van der Waals surface area contributed by atoms with Crippen LogP contribution in [0.1, 0.15) is 55.7 Å². The molecule has 2 heterocycles. The van der Waals surface area contributed by atoms with Gasteiger partial charge in [0.25, 0.3) is 0 Å². The first-order valence-electron chi connectivity index (χ1n) is 12.8. The van der Waals surface area contributed by atoms with Crippen LogP contribution in [0.15, 0.2) is 54.7 Å². The maximum absolute atomic E-state index is 9.09. The number of benzene rings is 2. The van der Waals surface area contributed by atoms with Crippen molar-refractivity contribution >= 4 is 0 Å². The van der Waals surface area contributed by atoms with E-state index >= 15 is 0 Å². The molecule has 2 aromatic carbocycles. The first kappa shape index (κ1) is 25.1. The molecule has 0 bridgehead atoms. The Morgan fingerprint density at radius 2 is 1.86 bits per heavy atom. The van der Waals surface area contributed by atoms with E-state index in [1.807, 2.05) is 12.3 Å². The molecule has 1 atom stereocenters. The lowest BCUT2D eigenvalue weighted by Crippen LogP contribution is -2.36. The molecule has 3 aromatic rings. The van der Waals surface area contributed by atoms with E-state index in [9.17, 15) is 0 Å². The van der Waals surface area contributed by atoms with Gasteiger partial charge in [0.15, 0.2) is 0 Å². The van der Waals surface area contributed by atoms with Crippen LogP contribution in [0.4, 0.5) is 0 Å². The third-order valence-corrected chi connectivity index (χ3v) is 6.80. The Hall–Kier alpha value is -2.96. The Bertz CT molecular complexity index is 1070. The summed E-state index contributed by atoms with van der Waals surface area (Å²) in [7, 11) is 0. The van der Waals surface area contributed by atoms with Crippen molar-refractivity contribution in [3.63, 3.8) is 0 Å². The molecule has 1 N–H and O–H groups in total. The second kappa shape index (κ2) is 12.7. The number of aromatic nitrogens is 2. The Morgan fingerprint density at radius 1 is 1.00 bits per heavy atom. The highest BCUT2D eigenvalue weighted by atomic mass is 16.5. The molecule has 1 aromatic heterocycles. The topological polar surface area (TPSA) is 67.7 Å². The van der Waals surface area contributed by atoms with Crippen LogP contribution < -0.4 is 9.47 Å². The molecular weight excluding hydrogens is 438 g/mol. The summed E-state index contributed by atoms with van der Waals surface area (Å²) >= 11 is 0. The molecule has 0 unspecified atom stereocenters. The number of piperidine rings is 1. The van der Waals surface area contributed by atoms with Crippen LogP contribution in [-0.4, -0.2) is 45.8 Å². The van der Waals surface area contributed by atoms with Gasteiger partial charge in [-0.05, 0) is 68.3 Å². The predicted octanol–water partition coefficient (Wildman–Crippen LogP) is 5.56. The monoisotopic (exact) mass is 475 g/mol. The van der Waals surface area contributed by atoms with Crippen molar-refractivity contribution in [3.05, 3.63) is 71.4 Å². The van der Waals surface area contributed by atoms with Crippen molar-refractivity contribution in [1.82, 2.24) is 14.9 Å². The maximum atomic E-state index is 9.09. The molecule has 0 saturated carbocycles. The van der Waals surface area contributed by atoms with Crippen LogP contribution in [0.25, 0.3) is 11.1 Å². The summed E-state index contributed by atoms with van der Waals surface area (Å²) < 4.78 is 12.1. The first-order chi connectivity index (χ1) is 17.2. The van der Waals surface area contributed by atoms with Crippen LogP contribution in [-0.2, 0) is 13.2 Å².